The smallest absolute Gasteiger partial charge is 0.395 e. The Morgan fingerprint density at radius 1 is 1.35 bits per heavy atom. The highest BCUT2D eigenvalue weighted by molar-refractivity contribution is 7.99. The summed E-state index contributed by atoms with van der Waals surface area (Å²) in [6.07, 6.45) is -1.66. The molecule has 1 fully saturated rings. The zero-order chi connectivity index (χ0) is 19.1. The number of anilines is 1. The molecule has 0 atom stereocenters. The van der Waals surface area contributed by atoms with E-state index in [9.17, 15) is 13.2 Å². The maximum absolute atomic E-state index is 12.7. The summed E-state index contributed by atoms with van der Waals surface area (Å²) in [5.41, 5.74) is 11.4. The van der Waals surface area contributed by atoms with Crippen molar-refractivity contribution >= 4 is 23.7 Å². The Morgan fingerprint density at radius 3 is 2.62 bits per heavy atom. The van der Waals surface area contributed by atoms with Gasteiger partial charge in [0.1, 0.15) is 22.9 Å². The van der Waals surface area contributed by atoms with Gasteiger partial charge in [0.2, 0.25) is 0 Å². The van der Waals surface area contributed by atoms with E-state index in [1.54, 1.807) is 23.4 Å². The van der Waals surface area contributed by atoms with Gasteiger partial charge in [-0.2, -0.15) is 13.2 Å². The maximum Gasteiger partial charge on any atom is 0.430 e. The van der Waals surface area contributed by atoms with Gasteiger partial charge in [-0.15, -0.1) is 11.8 Å². The quantitative estimate of drug-likeness (QED) is 0.765. The second kappa shape index (κ2) is 6.86. The average molecular weight is 383 g/mol. The van der Waals surface area contributed by atoms with Gasteiger partial charge < -0.3 is 16.0 Å². The van der Waals surface area contributed by atoms with E-state index in [4.69, 9.17) is 16.5 Å². The molecule has 4 N–H and O–H groups in total. The molecule has 0 aromatic carbocycles. The van der Waals surface area contributed by atoms with E-state index in [-0.39, 0.29) is 11.5 Å². The van der Waals surface area contributed by atoms with Crippen LogP contribution in [0.5, 0.6) is 0 Å². The lowest BCUT2D eigenvalue weighted by molar-refractivity contribution is -0.0916. The number of rotatable bonds is 5. The number of thioether (sulfide) groups is 1. The summed E-state index contributed by atoms with van der Waals surface area (Å²) >= 11 is 1.60. The first-order chi connectivity index (χ1) is 12.2. The van der Waals surface area contributed by atoms with Gasteiger partial charge in [-0.3, -0.25) is 0 Å². The van der Waals surface area contributed by atoms with Gasteiger partial charge in [0.05, 0.1) is 0 Å². The van der Waals surface area contributed by atoms with E-state index in [0.717, 1.165) is 35.3 Å². The highest BCUT2D eigenvalue weighted by Crippen LogP contribution is 2.41. The van der Waals surface area contributed by atoms with Crippen LogP contribution in [0.2, 0.25) is 0 Å². The molecule has 0 aliphatic heterocycles. The molecule has 0 amide bonds. The number of pyridine rings is 1. The molecule has 0 bridgehead atoms. The largest absolute Gasteiger partial charge is 0.430 e. The molecule has 0 spiro atoms. The third kappa shape index (κ3) is 3.67. The van der Waals surface area contributed by atoms with Crippen molar-refractivity contribution < 1.29 is 13.2 Å². The molecule has 1 aliphatic rings. The van der Waals surface area contributed by atoms with Gasteiger partial charge >= 0.3 is 6.18 Å². The predicted octanol–water partition coefficient (Wildman–Crippen LogP) is 3.92. The highest BCUT2D eigenvalue weighted by Gasteiger charge is 2.32. The molecule has 5 nitrogen and oxygen atoms in total. The molecule has 0 unspecified atom stereocenters. The van der Waals surface area contributed by atoms with Gasteiger partial charge in [0.25, 0.3) is 0 Å². The Bertz CT molecular complexity index is 853. The van der Waals surface area contributed by atoms with Crippen LogP contribution in [-0.4, -0.2) is 26.5 Å². The van der Waals surface area contributed by atoms with Crippen molar-refractivity contribution in [1.82, 2.24) is 14.5 Å². The van der Waals surface area contributed by atoms with Crippen LogP contribution in [0.1, 0.15) is 37.1 Å². The number of allylic oxidation sites excluding steroid dienone is 1. The number of hydrogen-bond donors (Lipinski definition) is 2. The number of nitrogens with zero attached hydrogens (tertiary/aromatic N) is 3. The first kappa shape index (κ1) is 18.6. The normalized spacial score (nSPS) is 15.5. The molecule has 26 heavy (non-hydrogen) atoms. The van der Waals surface area contributed by atoms with Crippen LogP contribution in [0, 0.1) is 0 Å². The SMILES string of the molecule is CCSc1ccc(C2CC2)nc1-c1nc(/C=C(\N)C(F)(F)F)c(N)n1C. The predicted molar refractivity (Wildman–Crippen MR) is 97.4 cm³/mol. The fourth-order valence-electron chi connectivity index (χ4n) is 2.58. The van der Waals surface area contributed by atoms with Crippen LogP contribution >= 0.6 is 11.8 Å². The minimum absolute atomic E-state index is 0.0107. The molecular weight excluding hydrogens is 363 g/mol. The highest BCUT2D eigenvalue weighted by atomic mass is 32.2. The van der Waals surface area contributed by atoms with Crippen LogP contribution in [0.3, 0.4) is 0 Å². The first-order valence-corrected chi connectivity index (χ1v) is 9.21. The molecule has 9 heteroatoms. The van der Waals surface area contributed by atoms with Gasteiger partial charge in [-0.05, 0) is 36.8 Å². The minimum atomic E-state index is -4.63. The van der Waals surface area contributed by atoms with E-state index >= 15 is 0 Å². The van der Waals surface area contributed by atoms with Crippen molar-refractivity contribution in [2.45, 2.75) is 36.8 Å². The first-order valence-electron chi connectivity index (χ1n) is 8.23. The Morgan fingerprint density at radius 2 is 2.04 bits per heavy atom. The van der Waals surface area contributed by atoms with Crippen LogP contribution < -0.4 is 11.5 Å². The second-order valence-corrected chi connectivity index (χ2v) is 7.46. The van der Waals surface area contributed by atoms with E-state index in [2.05, 4.69) is 4.98 Å². The Hall–Kier alpha value is -2.16. The lowest BCUT2D eigenvalue weighted by atomic mass is 10.2. The van der Waals surface area contributed by atoms with Gasteiger partial charge in [-0.25, -0.2) is 9.97 Å². The summed E-state index contributed by atoms with van der Waals surface area (Å²) in [5.74, 6) is 1.83. The van der Waals surface area contributed by atoms with Gasteiger partial charge in [0.15, 0.2) is 5.82 Å². The zero-order valence-corrected chi connectivity index (χ0v) is 15.3. The van der Waals surface area contributed by atoms with E-state index in [0.29, 0.717) is 17.4 Å². The number of imidazole rings is 1. The summed E-state index contributed by atoms with van der Waals surface area (Å²) in [6.45, 7) is 2.02. The molecule has 1 saturated carbocycles. The van der Waals surface area contributed by atoms with Crippen molar-refractivity contribution in [3.63, 3.8) is 0 Å². The van der Waals surface area contributed by atoms with Gasteiger partial charge in [0, 0.05) is 23.6 Å². The second-order valence-electron chi connectivity index (χ2n) is 6.15. The molecule has 1 aliphatic carbocycles. The fraction of sp³-hybridized carbons (Fsp3) is 0.412. The molecule has 2 aromatic rings. The van der Waals surface area contributed by atoms with Crippen molar-refractivity contribution in [1.29, 1.82) is 0 Å². The van der Waals surface area contributed by atoms with Crippen LogP contribution in [-0.2, 0) is 7.05 Å². The van der Waals surface area contributed by atoms with Crippen LogP contribution in [0.25, 0.3) is 17.6 Å². The number of alkyl halides is 3. The van der Waals surface area contributed by atoms with Crippen molar-refractivity contribution in [2.24, 2.45) is 12.8 Å². The van der Waals surface area contributed by atoms with E-state index in [1.165, 1.54) is 0 Å². The topological polar surface area (TPSA) is 82.8 Å². The third-order valence-electron chi connectivity index (χ3n) is 4.17. The summed E-state index contributed by atoms with van der Waals surface area (Å²) in [6, 6.07) is 4.00. The Labute approximate surface area is 153 Å². The Kier molecular flexibility index (Phi) is 4.92. The summed E-state index contributed by atoms with van der Waals surface area (Å²) in [4.78, 5) is 9.96. The van der Waals surface area contributed by atoms with E-state index < -0.39 is 11.9 Å². The number of hydrogen-bond acceptors (Lipinski definition) is 5. The standard InChI is InChI=1S/C17H20F3N5S/c1-3-26-12-7-6-10(9-4-5-9)23-14(12)16-24-11(15(22)25(16)2)8-13(21)17(18,19)20/h6-9H,3-5,21-22H2,1-2H3/b13-8-. The number of nitrogens with two attached hydrogens (primary N) is 2. The van der Waals surface area contributed by atoms with Crippen molar-refractivity contribution in [2.75, 3.05) is 11.5 Å². The molecule has 0 radical (unpaired) electrons. The summed E-state index contributed by atoms with van der Waals surface area (Å²) < 4.78 is 39.7. The third-order valence-corrected chi connectivity index (χ3v) is 5.10. The lowest BCUT2D eigenvalue weighted by Crippen LogP contribution is -2.19. The maximum atomic E-state index is 12.7. The number of aromatic nitrogens is 3. The summed E-state index contributed by atoms with van der Waals surface area (Å²) in [5, 5.41) is 0. The molecular formula is C17H20F3N5S. The molecule has 140 valence electrons. The Balaban J connectivity index is 2.10. The lowest BCUT2D eigenvalue weighted by Gasteiger charge is -2.10. The number of nitrogen functional groups attached to an aromatic ring is 1. The molecule has 2 heterocycles. The van der Waals surface area contributed by atoms with Crippen LogP contribution in [0.15, 0.2) is 22.7 Å². The van der Waals surface area contributed by atoms with Gasteiger partial charge in [-0.1, -0.05) is 6.92 Å². The summed E-state index contributed by atoms with van der Waals surface area (Å²) in [7, 11) is 1.66. The van der Waals surface area contributed by atoms with Crippen molar-refractivity contribution in [3.8, 4) is 11.5 Å². The van der Waals surface area contributed by atoms with Crippen molar-refractivity contribution in [3.05, 3.63) is 29.2 Å². The monoisotopic (exact) mass is 383 g/mol. The molecule has 0 saturated heterocycles. The van der Waals surface area contributed by atoms with Crippen LogP contribution in [0.4, 0.5) is 19.0 Å². The molecule has 2 aromatic heterocycles. The zero-order valence-electron chi connectivity index (χ0n) is 14.5. The fourth-order valence-corrected chi connectivity index (χ4v) is 3.33. The molecule has 3 rings (SSSR count). The minimum Gasteiger partial charge on any atom is -0.395 e. The van der Waals surface area contributed by atoms with E-state index in [1.807, 2.05) is 19.1 Å². The number of halogens is 3. The average Bonchev–Trinajstić information content (AvgIpc) is 3.38.